The van der Waals surface area contributed by atoms with Gasteiger partial charge in [0.25, 0.3) is 0 Å². The van der Waals surface area contributed by atoms with E-state index in [0.29, 0.717) is 0 Å². The fourth-order valence-electron chi connectivity index (χ4n) is 2.39. The molecule has 96 valence electrons. The van der Waals surface area contributed by atoms with Gasteiger partial charge in [-0.3, -0.25) is 0 Å². The van der Waals surface area contributed by atoms with Crippen LogP contribution in [0.1, 0.15) is 18.4 Å². The minimum atomic E-state index is 0.863. The van der Waals surface area contributed by atoms with Crippen LogP contribution in [0, 0.1) is 0 Å². The van der Waals surface area contributed by atoms with Crippen molar-refractivity contribution in [2.75, 3.05) is 20.1 Å². The highest BCUT2D eigenvalue weighted by molar-refractivity contribution is 5.79. The summed E-state index contributed by atoms with van der Waals surface area (Å²) in [5.41, 5.74) is 2.57. The summed E-state index contributed by atoms with van der Waals surface area (Å²) < 4.78 is 0. The van der Waals surface area contributed by atoms with E-state index in [-0.39, 0.29) is 0 Å². The predicted molar refractivity (Wildman–Crippen MR) is 75.7 cm³/mol. The average Bonchev–Trinajstić information content (AvgIpc) is 3.13. The molecular weight excluding hydrogens is 222 g/mol. The Bertz CT molecular complexity index is 513. The lowest BCUT2D eigenvalue weighted by Gasteiger charge is -2.15. The van der Waals surface area contributed by atoms with Crippen LogP contribution in [-0.4, -0.2) is 36.1 Å². The Hall–Kier alpha value is -1.32. The van der Waals surface area contributed by atoms with Crippen molar-refractivity contribution in [1.29, 1.82) is 0 Å². The standard InChI is InChI=1S/C15H21N3/c1-18(14-4-5-14)9-8-16-11-12-2-3-13-6-7-17-15(13)10-12/h2-3,6-7,10,14,16-17H,4-5,8-9,11H2,1H3. The molecule has 0 amide bonds. The van der Waals surface area contributed by atoms with Crippen molar-refractivity contribution in [3.8, 4) is 0 Å². The number of hydrogen-bond acceptors (Lipinski definition) is 2. The highest BCUT2D eigenvalue weighted by atomic mass is 15.2. The maximum atomic E-state index is 3.52. The molecule has 1 aromatic carbocycles. The van der Waals surface area contributed by atoms with Gasteiger partial charge in [0.15, 0.2) is 0 Å². The van der Waals surface area contributed by atoms with Crippen molar-refractivity contribution < 1.29 is 0 Å². The van der Waals surface area contributed by atoms with Crippen LogP contribution < -0.4 is 5.32 Å². The lowest BCUT2D eigenvalue weighted by atomic mass is 10.1. The van der Waals surface area contributed by atoms with E-state index >= 15 is 0 Å². The Balaban J connectivity index is 1.46. The normalized spacial score (nSPS) is 15.7. The zero-order valence-electron chi connectivity index (χ0n) is 10.9. The number of H-pyrrole nitrogens is 1. The van der Waals surface area contributed by atoms with Crippen LogP contribution in [0.3, 0.4) is 0 Å². The molecule has 0 aliphatic heterocycles. The van der Waals surface area contributed by atoms with Gasteiger partial charge in [0, 0.05) is 37.4 Å². The number of hydrogen-bond donors (Lipinski definition) is 2. The van der Waals surface area contributed by atoms with E-state index in [1.807, 2.05) is 6.20 Å². The molecule has 3 nitrogen and oxygen atoms in total. The molecule has 18 heavy (non-hydrogen) atoms. The summed E-state index contributed by atoms with van der Waals surface area (Å²) in [6, 6.07) is 9.58. The lowest BCUT2D eigenvalue weighted by molar-refractivity contribution is 0.321. The highest BCUT2D eigenvalue weighted by Gasteiger charge is 2.25. The Morgan fingerprint density at radius 1 is 1.33 bits per heavy atom. The second-order valence-electron chi connectivity index (χ2n) is 5.29. The van der Waals surface area contributed by atoms with Gasteiger partial charge < -0.3 is 15.2 Å². The predicted octanol–water partition coefficient (Wildman–Crippen LogP) is 2.35. The molecule has 0 saturated heterocycles. The number of aromatic nitrogens is 1. The van der Waals surface area contributed by atoms with E-state index in [2.05, 4.69) is 46.5 Å². The third-order valence-electron chi connectivity index (χ3n) is 3.76. The van der Waals surface area contributed by atoms with Crippen molar-refractivity contribution in [2.45, 2.75) is 25.4 Å². The number of benzene rings is 1. The quantitative estimate of drug-likeness (QED) is 0.763. The van der Waals surface area contributed by atoms with Gasteiger partial charge in [-0.05, 0) is 43.0 Å². The monoisotopic (exact) mass is 243 g/mol. The van der Waals surface area contributed by atoms with Crippen LogP contribution in [-0.2, 0) is 6.54 Å². The van der Waals surface area contributed by atoms with E-state index in [1.165, 1.54) is 29.3 Å². The van der Waals surface area contributed by atoms with Crippen molar-refractivity contribution in [3.63, 3.8) is 0 Å². The Kier molecular flexibility index (Phi) is 3.35. The molecule has 0 unspecified atom stereocenters. The number of aromatic amines is 1. The molecule has 2 aromatic rings. The highest BCUT2D eigenvalue weighted by Crippen LogP contribution is 2.24. The van der Waals surface area contributed by atoms with Crippen LogP contribution in [0.5, 0.6) is 0 Å². The number of fused-ring (bicyclic) bond motifs is 1. The second-order valence-corrected chi connectivity index (χ2v) is 5.29. The first kappa shape index (κ1) is 11.8. The molecule has 1 heterocycles. The van der Waals surface area contributed by atoms with Gasteiger partial charge in [0.2, 0.25) is 0 Å². The summed E-state index contributed by atoms with van der Waals surface area (Å²) in [6.45, 7) is 3.17. The van der Waals surface area contributed by atoms with Gasteiger partial charge in [-0.15, -0.1) is 0 Å². The molecule has 3 rings (SSSR count). The average molecular weight is 243 g/mol. The second kappa shape index (κ2) is 5.12. The van der Waals surface area contributed by atoms with E-state index in [9.17, 15) is 0 Å². The first-order valence-corrected chi connectivity index (χ1v) is 6.80. The summed E-state index contributed by atoms with van der Waals surface area (Å²) >= 11 is 0. The van der Waals surface area contributed by atoms with E-state index < -0.39 is 0 Å². The number of nitrogens with one attached hydrogen (secondary N) is 2. The smallest absolute Gasteiger partial charge is 0.0457 e. The van der Waals surface area contributed by atoms with Crippen LogP contribution in [0.2, 0.25) is 0 Å². The summed E-state index contributed by atoms with van der Waals surface area (Å²) in [4.78, 5) is 5.72. The zero-order chi connectivity index (χ0) is 12.4. The lowest BCUT2D eigenvalue weighted by Crippen LogP contribution is -2.30. The fraction of sp³-hybridized carbons (Fsp3) is 0.467. The van der Waals surface area contributed by atoms with E-state index in [1.54, 1.807) is 0 Å². The molecule has 0 atom stereocenters. The molecule has 0 spiro atoms. The summed E-state index contributed by atoms with van der Waals surface area (Å²) in [7, 11) is 2.23. The minimum Gasteiger partial charge on any atom is -0.361 e. The van der Waals surface area contributed by atoms with Crippen LogP contribution in [0.15, 0.2) is 30.5 Å². The molecule has 0 bridgehead atoms. The number of rotatable bonds is 6. The minimum absolute atomic E-state index is 0.863. The first-order chi connectivity index (χ1) is 8.83. The Morgan fingerprint density at radius 3 is 3.06 bits per heavy atom. The summed E-state index contributed by atoms with van der Waals surface area (Å²) in [6.07, 6.45) is 4.77. The van der Waals surface area contributed by atoms with Crippen molar-refractivity contribution in [2.24, 2.45) is 0 Å². The maximum absolute atomic E-state index is 3.52. The zero-order valence-corrected chi connectivity index (χ0v) is 10.9. The number of nitrogens with zero attached hydrogens (tertiary/aromatic N) is 1. The molecule has 1 saturated carbocycles. The first-order valence-electron chi connectivity index (χ1n) is 6.80. The molecule has 1 aliphatic rings. The van der Waals surface area contributed by atoms with Crippen molar-refractivity contribution in [3.05, 3.63) is 36.0 Å². The van der Waals surface area contributed by atoms with Gasteiger partial charge >= 0.3 is 0 Å². The molecule has 3 heteroatoms. The van der Waals surface area contributed by atoms with E-state index in [0.717, 1.165) is 25.7 Å². The largest absolute Gasteiger partial charge is 0.361 e. The maximum Gasteiger partial charge on any atom is 0.0457 e. The third kappa shape index (κ3) is 2.74. The van der Waals surface area contributed by atoms with Gasteiger partial charge in [-0.25, -0.2) is 0 Å². The van der Waals surface area contributed by atoms with Crippen LogP contribution in [0.4, 0.5) is 0 Å². The van der Waals surface area contributed by atoms with Crippen molar-refractivity contribution in [1.82, 2.24) is 15.2 Å². The van der Waals surface area contributed by atoms with Gasteiger partial charge in [-0.1, -0.05) is 12.1 Å². The Labute approximate surface area is 108 Å². The van der Waals surface area contributed by atoms with Crippen LogP contribution >= 0.6 is 0 Å². The SMILES string of the molecule is CN(CCNCc1ccc2cc[nH]c2c1)C1CC1. The summed E-state index contributed by atoms with van der Waals surface area (Å²) in [5.74, 6) is 0. The molecule has 1 aromatic heterocycles. The van der Waals surface area contributed by atoms with Gasteiger partial charge in [0.05, 0.1) is 0 Å². The molecule has 2 N–H and O–H groups in total. The molecular formula is C15H21N3. The van der Waals surface area contributed by atoms with Gasteiger partial charge in [-0.2, -0.15) is 0 Å². The number of likely N-dealkylation sites (N-methyl/N-ethyl adjacent to an activating group) is 1. The van der Waals surface area contributed by atoms with Crippen molar-refractivity contribution >= 4 is 10.9 Å². The van der Waals surface area contributed by atoms with Crippen LogP contribution in [0.25, 0.3) is 10.9 Å². The Morgan fingerprint density at radius 2 is 2.22 bits per heavy atom. The fourth-order valence-corrected chi connectivity index (χ4v) is 2.39. The molecule has 1 aliphatic carbocycles. The third-order valence-corrected chi connectivity index (χ3v) is 3.76. The molecule has 0 radical (unpaired) electrons. The van der Waals surface area contributed by atoms with Gasteiger partial charge in [0.1, 0.15) is 0 Å². The van der Waals surface area contributed by atoms with E-state index in [4.69, 9.17) is 0 Å². The summed E-state index contributed by atoms with van der Waals surface area (Å²) in [5, 5.41) is 4.80. The molecule has 1 fully saturated rings. The topological polar surface area (TPSA) is 31.1 Å².